The zero-order valence-electron chi connectivity index (χ0n) is 17.0. The lowest BCUT2D eigenvalue weighted by atomic mass is 10.0. The highest BCUT2D eigenvalue weighted by Gasteiger charge is 2.26. The van der Waals surface area contributed by atoms with Crippen molar-refractivity contribution in [3.8, 4) is 11.1 Å². The summed E-state index contributed by atoms with van der Waals surface area (Å²) in [7, 11) is 0. The van der Waals surface area contributed by atoms with Crippen molar-refractivity contribution in [2.45, 2.75) is 45.3 Å². The van der Waals surface area contributed by atoms with E-state index in [0.717, 1.165) is 47.2 Å². The van der Waals surface area contributed by atoms with Crippen LogP contribution < -0.4 is 10.2 Å². The van der Waals surface area contributed by atoms with Gasteiger partial charge in [0.15, 0.2) is 0 Å². The molecule has 1 amide bonds. The van der Waals surface area contributed by atoms with Crippen LogP contribution in [0.25, 0.3) is 22.2 Å². The molecule has 0 bridgehead atoms. The Hall–Kier alpha value is -3.16. The first-order valence-corrected chi connectivity index (χ1v) is 9.86. The third-order valence-corrected chi connectivity index (χ3v) is 4.91. The first-order valence-electron chi connectivity index (χ1n) is 9.86. The molecular weight excluding hydrogens is 368 g/mol. The van der Waals surface area contributed by atoms with Gasteiger partial charge in [0.2, 0.25) is 0 Å². The van der Waals surface area contributed by atoms with Crippen molar-refractivity contribution < 1.29 is 9.53 Å². The molecule has 0 radical (unpaired) electrons. The summed E-state index contributed by atoms with van der Waals surface area (Å²) in [6, 6.07) is 2.06. The quantitative estimate of drug-likeness (QED) is 0.706. The lowest BCUT2D eigenvalue weighted by Crippen LogP contribution is -2.49. The molecule has 29 heavy (non-hydrogen) atoms. The molecule has 1 saturated heterocycles. The second-order valence-corrected chi connectivity index (χ2v) is 8.31. The van der Waals surface area contributed by atoms with Crippen LogP contribution in [-0.2, 0) is 4.74 Å². The highest BCUT2D eigenvalue weighted by Crippen LogP contribution is 2.35. The number of alkyl carbamates (subject to hydrolysis) is 1. The number of ether oxygens (including phenoxy) is 1. The molecule has 3 aromatic rings. The zero-order valence-corrected chi connectivity index (χ0v) is 17.0. The smallest absolute Gasteiger partial charge is 0.407 e. The Labute approximate surface area is 169 Å². The fourth-order valence-corrected chi connectivity index (χ4v) is 3.76. The summed E-state index contributed by atoms with van der Waals surface area (Å²) in [5, 5.41) is 4.06. The summed E-state index contributed by atoms with van der Waals surface area (Å²) in [6.45, 7) is 7.24. The number of pyridine rings is 1. The first-order chi connectivity index (χ1) is 13.9. The Morgan fingerprint density at radius 1 is 1.31 bits per heavy atom. The van der Waals surface area contributed by atoms with Gasteiger partial charge < -0.3 is 19.9 Å². The van der Waals surface area contributed by atoms with Crippen LogP contribution in [0.2, 0.25) is 0 Å². The maximum absolute atomic E-state index is 12.2. The maximum atomic E-state index is 12.2. The molecule has 1 fully saturated rings. The summed E-state index contributed by atoms with van der Waals surface area (Å²) in [6.07, 6.45) is 10.4. The molecule has 8 nitrogen and oxygen atoms in total. The molecule has 0 aliphatic carbocycles. The van der Waals surface area contributed by atoms with E-state index in [2.05, 4.69) is 30.2 Å². The number of carbonyl (C=O) groups is 1. The fourth-order valence-electron chi connectivity index (χ4n) is 3.76. The Balaban J connectivity index is 1.60. The molecule has 4 heterocycles. The van der Waals surface area contributed by atoms with Crippen LogP contribution in [0.4, 0.5) is 10.5 Å². The Kier molecular flexibility index (Phi) is 5.08. The second-order valence-electron chi connectivity index (χ2n) is 8.31. The van der Waals surface area contributed by atoms with Gasteiger partial charge in [0.25, 0.3) is 0 Å². The lowest BCUT2D eigenvalue weighted by Gasteiger charge is -2.35. The molecule has 1 aliphatic heterocycles. The van der Waals surface area contributed by atoms with E-state index in [9.17, 15) is 4.79 Å². The van der Waals surface area contributed by atoms with E-state index in [4.69, 9.17) is 4.74 Å². The number of piperidine rings is 1. The number of fused-ring (bicyclic) bond motifs is 1. The van der Waals surface area contributed by atoms with Crippen molar-refractivity contribution in [1.82, 2.24) is 25.3 Å². The Bertz CT molecular complexity index is 995. The van der Waals surface area contributed by atoms with Crippen molar-refractivity contribution >= 4 is 22.8 Å². The van der Waals surface area contributed by atoms with E-state index in [1.807, 2.05) is 39.2 Å². The minimum atomic E-state index is -0.506. The van der Waals surface area contributed by atoms with Crippen LogP contribution in [0.5, 0.6) is 0 Å². The standard InChI is InChI=1S/C21H26N6O2/c1-21(2,3)29-20(28)26-15-5-4-8-27(12-15)17-6-7-24-19-18(17)16(11-25-19)14-9-22-13-23-10-14/h6-7,9-11,13,15H,4-5,8,12H2,1-3H3,(H,24,25)(H,26,28)/t15-/m0/s1. The molecule has 3 aromatic heterocycles. The number of aromatic nitrogens is 4. The largest absolute Gasteiger partial charge is 0.444 e. The van der Waals surface area contributed by atoms with Gasteiger partial charge >= 0.3 is 6.09 Å². The Morgan fingerprint density at radius 2 is 2.10 bits per heavy atom. The summed E-state index contributed by atoms with van der Waals surface area (Å²) in [4.78, 5) is 30.5. The topological polar surface area (TPSA) is 96.0 Å². The monoisotopic (exact) mass is 394 g/mol. The van der Waals surface area contributed by atoms with Crippen molar-refractivity contribution in [2.24, 2.45) is 0 Å². The summed E-state index contributed by atoms with van der Waals surface area (Å²) >= 11 is 0. The Morgan fingerprint density at radius 3 is 2.86 bits per heavy atom. The van der Waals surface area contributed by atoms with Crippen molar-refractivity contribution in [1.29, 1.82) is 0 Å². The first kappa shape index (κ1) is 19.2. The van der Waals surface area contributed by atoms with Crippen LogP contribution in [0, 0.1) is 0 Å². The van der Waals surface area contributed by atoms with Gasteiger partial charge in [-0.2, -0.15) is 0 Å². The van der Waals surface area contributed by atoms with Gasteiger partial charge in [-0.15, -0.1) is 0 Å². The molecule has 4 rings (SSSR count). The molecule has 8 heteroatoms. The molecule has 0 unspecified atom stereocenters. The highest BCUT2D eigenvalue weighted by molar-refractivity contribution is 6.02. The van der Waals surface area contributed by atoms with Crippen molar-refractivity contribution in [2.75, 3.05) is 18.0 Å². The molecule has 0 saturated carbocycles. The van der Waals surface area contributed by atoms with Crippen LogP contribution in [0.3, 0.4) is 0 Å². The van der Waals surface area contributed by atoms with Gasteiger partial charge in [0, 0.05) is 60.7 Å². The van der Waals surface area contributed by atoms with Gasteiger partial charge in [0.05, 0.1) is 5.39 Å². The van der Waals surface area contributed by atoms with E-state index in [-0.39, 0.29) is 12.1 Å². The number of nitrogens with zero attached hydrogens (tertiary/aromatic N) is 4. The molecule has 2 N–H and O–H groups in total. The summed E-state index contributed by atoms with van der Waals surface area (Å²) in [5.74, 6) is 0. The van der Waals surface area contributed by atoms with Crippen LogP contribution in [0.1, 0.15) is 33.6 Å². The minimum absolute atomic E-state index is 0.0317. The molecule has 0 aromatic carbocycles. The number of carbonyl (C=O) groups excluding carboxylic acids is 1. The SMILES string of the molecule is CC(C)(C)OC(=O)N[C@H]1CCCN(c2ccnc3[nH]cc(-c4cncnc4)c23)C1. The zero-order chi connectivity index (χ0) is 20.4. The number of hydrogen-bond acceptors (Lipinski definition) is 6. The normalized spacial score (nSPS) is 17.3. The van der Waals surface area contributed by atoms with Gasteiger partial charge in [-0.1, -0.05) is 0 Å². The number of nitrogens with one attached hydrogen (secondary N) is 2. The third-order valence-electron chi connectivity index (χ3n) is 4.91. The maximum Gasteiger partial charge on any atom is 0.407 e. The van der Waals surface area contributed by atoms with Gasteiger partial charge in [-0.3, -0.25) is 0 Å². The van der Waals surface area contributed by atoms with Gasteiger partial charge in [-0.05, 0) is 39.7 Å². The molecule has 1 atom stereocenters. The summed E-state index contributed by atoms with van der Waals surface area (Å²) in [5.41, 5.74) is 3.36. The number of H-pyrrole nitrogens is 1. The number of hydrogen-bond donors (Lipinski definition) is 2. The highest BCUT2D eigenvalue weighted by atomic mass is 16.6. The molecular formula is C21H26N6O2. The van der Waals surface area contributed by atoms with E-state index < -0.39 is 5.60 Å². The van der Waals surface area contributed by atoms with E-state index >= 15 is 0 Å². The third kappa shape index (κ3) is 4.31. The van der Waals surface area contributed by atoms with Crippen molar-refractivity contribution in [3.05, 3.63) is 37.2 Å². The minimum Gasteiger partial charge on any atom is -0.444 e. The average Bonchev–Trinajstić information content (AvgIpc) is 3.11. The van der Waals surface area contributed by atoms with E-state index in [0.29, 0.717) is 6.54 Å². The van der Waals surface area contributed by atoms with Crippen LogP contribution >= 0.6 is 0 Å². The van der Waals surface area contributed by atoms with Crippen LogP contribution in [0.15, 0.2) is 37.2 Å². The van der Waals surface area contributed by atoms with Gasteiger partial charge in [-0.25, -0.2) is 19.7 Å². The van der Waals surface area contributed by atoms with E-state index in [1.165, 1.54) is 6.33 Å². The average molecular weight is 394 g/mol. The second kappa shape index (κ2) is 7.69. The summed E-state index contributed by atoms with van der Waals surface area (Å²) < 4.78 is 5.42. The number of rotatable bonds is 3. The van der Waals surface area contributed by atoms with Gasteiger partial charge in [0.1, 0.15) is 17.6 Å². The molecule has 152 valence electrons. The molecule has 0 spiro atoms. The predicted molar refractivity (Wildman–Crippen MR) is 112 cm³/mol. The number of amides is 1. The predicted octanol–water partition coefficient (Wildman–Crippen LogP) is 3.51. The van der Waals surface area contributed by atoms with E-state index in [1.54, 1.807) is 12.4 Å². The lowest BCUT2D eigenvalue weighted by molar-refractivity contribution is 0.0500. The fraction of sp³-hybridized carbons (Fsp3) is 0.429. The number of anilines is 1. The number of aromatic amines is 1. The molecule has 1 aliphatic rings. The van der Waals surface area contributed by atoms with Crippen molar-refractivity contribution in [3.63, 3.8) is 0 Å². The van der Waals surface area contributed by atoms with Crippen LogP contribution in [-0.4, -0.2) is 50.8 Å².